The Balaban J connectivity index is 1.52. The molecule has 0 unspecified atom stereocenters. The smallest absolute Gasteiger partial charge is 0.319 e. The highest BCUT2D eigenvalue weighted by Crippen LogP contribution is 2.27. The summed E-state index contributed by atoms with van der Waals surface area (Å²) < 4.78 is 34.6. The lowest BCUT2D eigenvalue weighted by molar-refractivity contribution is 0.0678. The van der Waals surface area contributed by atoms with Crippen LogP contribution in [0.3, 0.4) is 0 Å². The standard InChI is InChI=1S/C25H18F2N4O2S/c26-24(27)30-15-14-28-22(30)16-34-25-29-21-9-5-4-8-20(21)23(32)31(25)17-10-12-19(13-11-17)33-18-6-2-1-3-7-18/h1-15,24H,16H2. The van der Waals surface area contributed by atoms with Crippen LogP contribution in [0.4, 0.5) is 8.78 Å². The summed E-state index contributed by atoms with van der Waals surface area (Å²) in [5.74, 6) is 1.63. The largest absolute Gasteiger partial charge is 0.457 e. The summed E-state index contributed by atoms with van der Waals surface area (Å²) in [7, 11) is 0. The van der Waals surface area contributed by atoms with Crippen LogP contribution < -0.4 is 10.3 Å². The quantitative estimate of drug-likeness (QED) is 0.211. The molecular formula is C25H18F2N4O2S. The molecule has 6 nitrogen and oxygen atoms in total. The zero-order valence-corrected chi connectivity index (χ0v) is 18.5. The van der Waals surface area contributed by atoms with Gasteiger partial charge in [-0.25, -0.2) is 9.97 Å². The molecule has 2 aromatic heterocycles. The lowest BCUT2D eigenvalue weighted by atomic mass is 10.2. The lowest BCUT2D eigenvalue weighted by Crippen LogP contribution is -2.21. The van der Waals surface area contributed by atoms with Crippen molar-refractivity contribution in [3.63, 3.8) is 0 Å². The Hall–Kier alpha value is -3.98. The van der Waals surface area contributed by atoms with E-state index in [2.05, 4.69) is 9.97 Å². The Labute approximate surface area is 197 Å². The van der Waals surface area contributed by atoms with Gasteiger partial charge in [0.1, 0.15) is 17.3 Å². The van der Waals surface area contributed by atoms with E-state index in [4.69, 9.17) is 4.74 Å². The van der Waals surface area contributed by atoms with E-state index in [1.54, 1.807) is 48.5 Å². The summed E-state index contributed by atoms with van der Waals surface area (Å²) >= 11 is 1.17. The van der Waals surface area contributed by atoms with Crippen molar-refractivity contribution in [3.05, 3.63) is 107 Å². The van der Waals surface area contributed by atoms with Crippen molar-refractivity contribution in [3.8, 4) is 17.2 Å². The van der Waals surface area contributed by atoms with E-state index in [0.717, 1.165) is 4.57 Å². The molecule has 3 aromatic carbocycles. The number of hydrogen-bond acceptors (Lipinski definition) is 5. The summed E-state index contributed by atoms with van der Waals surface area (Å²) in [5, 5.41) is 0.842. The van der Waals surface area contributed by atoms with Crippen LogP contribution >= 0.6 is 11.8 Å². The maximum absolute atomic E-state index is 13.4. The van der Waals surface area contributed by atoms with Crippen molar-refractivity contribution in [2.45, 2.75) is 17.5 Å². The molecule has 0 N–H and O–H groups in total. The molecule has 0 aliphatic rings. The van der Waals surface area contributed by atoms with E-state index < -0.39 is 6.55 Å². The molecule has 0 bridgehead atoms. The number of para-hydroxylation sites is 2. The molecule has 0 spiro atoms. The first-order valence-electron chi connectivity index (χ1n) is 10.4. The first kappa shape index (κ1) is 21.8. The predicted molar refractivity (Wildman–Crippen MR) is 127 cm³/mol. The summed E-state index contributed by atoms with van der Waals surface area (Å²) in [4.78, 5) is 22.1. The highest BCUT2D eigenvalue weighted by molar-refractivity contribution is 7.98. The van der Waals surface area contributed by atoms with Gasteiger partial charge in [-0.3, -0.25) is 13.9 Å². The van der Waals surface area contributed by atoms with Gasteiger partial charge in [0.2, 0.25) is 0 Å². The fourth-order valence-corrected chi connectivity index (χ4v) is 4.45. The second-order valence-corrected chi connectivity index (χ2v) is 8.22. The van der Waals surface area contributed by atoms with E-state index in [1.807, 2.05) is 30.3 Å². The van der Waals surface area contributed by atoms with Crippen LogP contribution in [-0.2, 0) is 5.75 Å². The van der Waals surface area contributed by atoms with Crippen LogP contribution in [0.15, 0.2) is 101 Å². The molecule has 0 aliphatic heterocycles. The maximum Gasteiger partial charge on any atom is 0.319 e. The lowest BCUT2D eigenvalue weighted by Gasteiger charge is -2.14. The molecule has 2 heterocycles. The molecule has 0 fully saturated rings. The van der Waals surface area contributed by atoms with Gasteiger partial charge in [0.05, 0.1) is 22.3 Å². The van der Waals surface area contributed by atoms with Gasteiger partial charge >= 0.3 is 6.55 Å². The van der Waals surface area contributed by atoms with Crippen LogP contribution in [0.5, 0.6) is 11.5 Å². The number of hydrogen-bond donors (Lipinski definition) is 0. The van der Waals surface area contributed by atoms with E-state index in [-0.39, 0.29) is 17.1 Å². The highest BCUT2D eigenvalue weighted by atomic mass is 32.2. The third-order valence-corrected chi connectivity index (χ3v) is 6.04. The third-order valence-electron chi connectivity index (χ3n) is 5.11. The SMILES string of the molecule is O=c1c2ccccc2nc(SCc2nccn2C(F)F)n1-c1ccc(Oc2ccccc2)cc1. The number of halogens is 2. The van der Waals surface area contributed by atoms with Gasteiger partial charge in [0.25, 0.3) is 5.56 Å². The number of benzene rings is 3. The predicted octanol–water partition coefficient (Wildman–Crippen LogP) is 6.06. The van der Waals surface area contributed by atoms with E-state index in [1.165, 1.54) is 28.7 Å². The number of alkyl halides is 2. The molecule has 170 valence electrons. The Morgan fingerprint density at radius 2 is 1.62 bits per heavy atom. The van der Waals surface area contributed by atoms with Crippen LogP contribution in [0.25, 0.3) is 16.6 Å². The molecule has 5 rings (SSSR count). The highest BCUT2D eigenvalue weighted by Gasteiger charge is 2.16. The second kappa shape index (κ2) is 9.48. The molecule has 0 atom stereocenters. The molecule has 9 heteroatoms. The van der Waals surface area contributed by atoms with Crippen molar-refractivity contribution >= 4 is 22.7 Å². The first-order valence-corrected chi connectivity index (χ1v) is 11.4. The summed E-state index contributed by atoms with van der Waals surface area (Å²) in [6, 6.07) is 23.5. The Kier molecular flexibility index (Phi) is 6.09. The number of rotatable bonds is 7. The van der Waals surface area contributed by atoms with Crippen LogP contribution in [0.2, 0.25) is 0 Å². The van der Waals surface area contributed by atoms with Crippen LogP contribution in [0, 0.1) is 0 Å². The number of aromatic nitrogens is 4. The van der Waals surface area contributed by atoms with Crippen molar-refractivity contribution in [2.75, 3.05) is 0 Å². The summed E-state index contributed by atoms with van der Waals surface area (Å²) in [6.45, 7) is -2.69. The van der Waals surface area contributed by atoms with E-state index in [0.29, 0.717) is 33.2 Å². The molecule has 0 saturated carbocycles. The number of nitrogens with zero attached hydrogens (tertiary/aromatic N) is 4. The van der Waals surface area contributed by atoms with Gasteiger partial charge in [0, 0.05) is 12.4 Å². The minimum absolute atomic E-state index is 0.122. The van der Waals surface area contributed by atoms with Gasteiger partial charge in [-0.15, -0.1) is 0 Å². The van der Waals surface area contributed by atoms with Gasteiger partial charge in [-0.2, -0.15) is 8.78 Å². The second-order valence-electron chi connectivity index (χ2n) is 7.28. The third kappa shape index (κ3) is 4.42. The zero-order valence-electron chi connectivity index (χ0n) is 17.7. The molecule has 34 heavy (non-hydrogen) atoms. The number of thioether (sulfide) groups is 1. The topological polar surface area (TPSA) is 61.9 Å². The van der Waals surface area contributed by atoms with Crippen molar-refractivity contribution in [2.24, 2.45) is 0 Å². The van der Waals surface area contributed by atoms with Crippen molar-refractivity contribution in [1.29, 1.82) is 0 Å². The molecular weight excluding hydrogens is 458 g/mol. The summed E-state index contributed by atoms with van der Waals surface area (Å²) in [5.41, 5.74) is 0.873. The van der Waals surface area contributed by atoms with E-state index in [9.17, 15) is 13.6 Å². The fourth-order valence-electron chi connectivity index (χ4n) is 3.49. The van der Waals surface area contributed by atoms with Gasteiger partial charge in [0.15, 0.2) is 5.16 Å². The molecule has 0 amide bonds. The average Bonchev–Trinajstić information content (AvgIpc) is 3.33. The van der Waals surface area contributed by atoms with Gasteiger partial charge in [-0.05, 0) is 48.5 Å². The number of ether oxygens (including phenoxy) is 1. The van der Waals surface area contributed by atoms with Gasteiger partial charge in [-0.1, -0.05) is 42.1 Å². The molecule has 0 radical (unpaired) electrons. The summed E-state index contributed by atoms with van der Waals surface area (Å²) in [6.07, 6.45) is 2.56. The minimum atomic E-state index is -2.69. The molecule has 0 aliphatic carbocycles. The number of imidazole rings is 1. The average molecular weight is 477 g/mol. The fraction of sp³-hybridized carbons (Fsp3) is 0.0800. The first-order chi connectivity index (χ1) is 16.6. The Bertz CT molecular complexity index is 1480. The van der Waals surface area contributed by atoms with Crippen LogP contribution in [0.1, 0.15) is 12.4 Å². The maximum atomic E-state index is 13.4. The van der Waals surface area contributed by atoms with Crippen molar-refractivity contribution in [1.82, 2.24) is 19.1 Å². The monoisotopic (exact) mass is 476 g/mol. The normalized spacial score (nSPS) is 11.3. The Morgan fingerprint density at radius 1 is 0.912 bits per heavy atom. The Morgan fingerprint density at radius 3 is 2.38 bits per heavy atom. The minimum Gasteiger partial charge on any atom is -0.457 e. The van der Waals surface area contributed by atoms with E-state index >= 15 is 0 Å². The zero-order chi connectivity index (χ0) is 23.5. The van der Waals surface area contributed by atoms with Gasteiger partial charge < -0.3 is 4.74 Å². The van der Waals surface area contributed by atoms with Crippen molar-refractivity contribution < 1.29 is 13.5 Å². The van der Waals surface area contributed by atoms with Crippen LogP contribution in [-0.4, -0.2) is 19.1 Å². The number of fused-ring (bicyclic) bond motifs is 1. The molecule has 0 saturated heterocycles. The molecule has 5 aromatic rings.